The third kappa shape index (κ3) is 3.66. The highest BCUT2D eigenvalue weighted by Crippen LogP contribution is 2.36. The lowest BCUT2D eigenvalue weighted by molar-refractivity contribution is -0.136. The monoisotopic (exact) mass is 319 g/mol. The van der Waals surface area contributed by atoms with Gasteiger partial charge in [0.2, 0.25) is 0 Å². The maximum absolute atomic E-state index is 13.1. The van der Waals surface area contributed by atoms with E-state index in [1.807, 2.05) is 6.92 Å². The zero-order valence-corrected chi connectivity index (χ0v) is 11.8. The first kappa shape index (κ1) is 15.6. The van der Waals surface area contributed by atoms with Crippen LogP contribution < -0.4 is 0 Å². The third-order valence-corrected chi connectivity index (χ3v) is 3.51. The van der Waals surface area contributed by atoms with Gasteiger partial charge in [0.1, 0.15) is 0 Å². The van der Waals surface area contributed by atoms with Crippen LogP contribution in [-0.2, 0) is 17.5 Å². The highest BCUT2D eigenvalue weighted by molar-refractivity contribution is 7.99. The number of carboxylic acid groups (broad SMARTS) is 1. The number of carbonyl (C=O) groups is 1. The zero-order chi connectivity index (χ0) is 15.6. The van der Waals surface area contributed by atoms with Crippen LogP contribution >= 0.6 is 11.8 Å². The number of fused-ring (bicyclic) bond motifs is 1. The number of carboxylic acids is 1. The van der Waals surface area contributed by atoms with Crippen molar-refractivity contribution in [2.45, 2.75) is 31.1 Å². The van der Waals surface area contributed by atoms with Crippen molar-refractivity contribution in [2.24, 2.45) is 0 Å². The van der Waals surface area contributed by atoms with Crippen LogP contribution in [0.25, 0.3) is 11.0 Å². The molecule has 21 heavy (non-hydrogen) atoms. The summed E-state index contributed by atoms with van der Waals surface area (Å²) in [5, 5.41) is 12.5. The normalized spacial score (nSPS) is 12.0. The number of aromatic nitrogens is 3. The minimum atomic E-state index is -4.54. The van der Waals surface area contributed by atoms with Crippen molar-refractivity contribution in [3.05, 3.63) is 17.8 Å². The standard InChI is InChI=1S/C12H12F3N3O2S/c1-2-3-18-5-7-8(12(13,14)15)4-9(16-11(7)17-18)21-6-10(19)20/h4-5H,2-3,6H2,1H3,(H,19,20). The van der Waals surface area contributed by atoms with Gasteiger partial charge >= 0.3 is 12.1 Å². The molecule has 0 radical (unpaired) electrons. The Balaban J connectivity index is 2.51. The first-order valence-electron chi connectivity index (χ1n) is 6.11. The predicted molar refractivity (Wildman–Crippen MR) is 71.2 cm³/mol. The van der Waals surface area contributed by atoms with Gasteiger partial charge in [0.15, 0.2) is 5.65 Å². The molecule has 114 valence electrons. The fourth-order valence-electron chi connectivity index (χ4n) is 1.81. The predicted octanol–water partition coefficient (Wildman–Crippen LogP) is 3.04. The molecule has 0 saturated carbocycles. The van der Waals surface area contributed by atoms with Gasteiger partial charge in [-0.1, -0.05) is 18.7 Å². The summed E-state index contributed by atoms with van der Waals surface area (Å²) in [5.74, 6) is -1.47. The number of pyridine rings is 1. The Hall–Kier alpha value is -1.77. The summed E-state index contributed by atoms with van der Waals surface area (Å²) < 4.78 is 40.7. The summed E-state index contributed by atoms with van der Waals surface area (Å²) in [5.41, 5.74) is -0.867. The van der Waals surface area contributed by atoms with Crippen LogP contribution in [0.1, 0.15) is 18.9 Å². The van der Waals surface area contributed by atoms with Gasteiger partial charge in [0, 0.05) is 12.7 Å². The first-order chi connectivity index (χ1) is 9.81. The summed E-state index contributed by atoms with van der Waals surface area (Å²) >= 11 is 0.736. The van der Waals surface area contributed by atoms with Crippen LogP contribution in [0.5, 0.6) is 0 Å². The molecular weight excluding hydrogens is 307 g/mol. The number of aryl methyl sites for hydroxylation is 1. The van der Waals surface area contributed by atoms with E-state index in [1.165, 1.54) is 10.9 Å². The number of hydrogen-bond acceptors (Lipinski definition) is 4. The van der Waals surface area contributed by atoms with E-state index in [-0.39, 0.29) is 21.8 Å². The largest absolute Gasteiger partial charge is 0.481 e. The van der Waals surface area contributed by atoms with Crippen LogP contribution in [-0.4, -0.2) is 31.6 Å². The van der Waals surface area contributed by atoms with Gasteiger partial charge < -0.3 is 5.11 Å². The van der Waals surface area contributed by atoms with Crippen molar-refractivity contribution in [3.8, 4) is 0 Å². The second-order valence-corrected chi connectivity index (χ2v) is 5.31. The van der Waals surface area contributed by atoms with Crippen LogP contribution in [0.3, 0.4) is 0 Å². The lowest BCUT2D eigenvalue weighted by atomic mass is 10.2. The lowest BCUT2D eigenvalue weighted by Gasteiger charge is -2.08. The molecule has 0 amide bonds. The Morgan fingerprint density at radius 1 is 1.48 bits per heavy atom. The average Bonchev–Trinajstić information content (AvgIpc) is 2.76. The maximum atomic E-state index is 13.1. The van der Waals surface area contributed by atoms with Crippen molar-refractivity contribution < 1.29 is 23.1 Å². The Labute approximate surface area is 122 Å². The maximum Gasteiger partial charge on any atom is 0.417 e. The number of halogens is 3. The molecule has 0 spiro atoms. The molecule has 5 nitrogen and oxygen atoms in total. The number of rotatable bonds is 5. The molecule has 2 rings (SSSR count). The van der Waals surface area contributed by atoms with Crippen molar-refractivity contribution in [2.75, 3.05) is 5.75 Å². The molecule has 0 bridgehead atoms. The number of hydrogen-bond donors (Lipinski definition) is 1. The number of alkyl halides is 3. The van der Waals surface area contributed by atoms with Gasteiger partial charge in [-0.2, -0.15) is 18.3 Å². The molecule has 0 unspecified atom stereocenters. The highest BCUT2D eigenvalue weighted by atomic mass is 32.2. The van der Waals surface area contributed by atoms with Gasteiger partial charge in [-0.25, -0.2) is 4.98 Å². The second kappa shape index (κ2) is 5.92. The van der Waals surface area contributed by atoms with Crippen LogP contribution in [0.15, 0.2) is 17.3 Å². The Bertz CT molecular complexity index is 670. The van der Waals surface area contributed by atoms with E-state index < -0.39 is 17.7 Å². The second-order valence-electron chi connectivity index (χ2n) is 4.32. The van der Waals surface area contributed by atoms with E-state index in [4.69, 9.17) is 5.11 Å². The van der Waals surface area contributed by atoms with E-state index in [0.717, 1.165) is 24.2 Å². The van der Waals surface area contributed by atoms with Gasteiger partial charge in [-0.05, 0) is 12.5 Å². The SMILES string of the molecule is CCCn1cc2c(C(F)(F)F)cc(SCC(=O)O)nc2n1. The quantitative estimate of drug-likeness (QED) is 0.858. The zero-order valence-electron chi connectivity index (χ0n) is 11.0. The van der Waals surface area contributed by atoms with Gasteiger partial charge in [0.05, 0.1) is 21.7 Å². The van der Waals surface area contributed by atoms with Crippen LogP contribution in [0, 0.1) is 0 Å². The first-order valence-corrected chi connectivity index (χ1v) is 7.10. The molecule has 0 fully saturated rings. The third-order valence-electron chi connectivity index (χ3n) is 2.62. The van der Waals surface area contributed by atoms with E-state index in [9.17, 15) is 18.0 Å². The Morgan fingerprint density at radius 2 is 2.19 bits per heavy atom. The molecular formula is C12H12F3N3O2S. The fraction of sp³-hybridized carbons (Fsp3) is 0.417. The van der Waals surface area contributed by atoms with Crippen molar-refractivity contribution in [1.29, 1.82) is 0 Å². The Morgan fingerprint density at radius 3 is 2.76 bits per heavy atom. The fourth-order valence-corrected chi connectivity index (χ4v) is 2.43. The molecule has 0 aromatic carbocycles. The summed E-state index contributed by atoms with van der Waals surface area (Å²) in [7, 11) is 0. The van der Waals surface area contributed by atoms with E-state index in [2.05, 4.69) is 10.1 Å². The molecule has 0 saturated heterocycles. The number of aliphatic carboxylic acids is 1. The van der Waals surface area contributed by atoms with Crippen molar-refractivity contribution in [3.63, 3.8) is 0 Å². The molecule has 2 aromatic rings. The van der Waals surface area contributed by atoms with Gasteiger partial charge in [0.25, 0.3) is 0 Å². The number of nitrogens with zero attached hydrogens (tertiary/aromatic N) is 3. The topological polar surface area (TPSA) is 68.0 Å². The number of thioether (sulfide) groups is 1. The summed E-state index contributed by atoms with van der Waals surface area (Å²) in [6, 6.07) is 0.869. The highest BCUT2D eigenvalue weighted by Gasteiger charge is 2.34. The molecule has 1 N–H and O–H groups in total. The minimum absolute atomic E-state index is 0.000950. The molecule has 2 aromatic heterocycles. The smallest absolute Gasteiger partial charge is 0.417 e. The van der Waals surface area contributed by atoms with Crippen molar-refractivity contribution in [1.82, 2.24) is 14.8 Å². The average molecular weight is 319 g/mol. The van der Waals surface area contributed by atoms with E-state index >= 15 is 0 Å². The summed E-state index contributed by atoms with van der Waals surface area (Å²) in [6.07, 6.45) is -2.49. The minimum Gasteiger partial charge on any atom is -0.481 e. The molecule has 0 aliphatic heterocycles. The summed E-state index contributed by atoms with van der Waals surface area (Å²) in [6.45, 7) is 2.38. The lowest BCUT2D eigenvalue weighted by Crippen LogP contribution is -2.07. The molecule has 0 atom stereocenters. The van der Waals surface area contributed by atoms with Gasteiger partial charge in [-0.15, -0.1) is 0 Å². The molecule has 0 aliphatic carbocycles. The van der Waals surface area contributed by atoms with Crippen molar-refractivity contribution >= 4 is 28.8 Å². The van der Waals surface area contributed by atoms with Crippen LogP contribution in [0.2, 0.25) is 0 Å². The van der Waals surface area contributed by atoms with E-state index in [1.54, 1.807) is 0 Å². The molecule has 0 aliphatic rings. The van der Waals surface area contributed by atoms with Crippen LogP contribution in [0.4, 0.5) is 13.2 Å². The molecule has 2 heterocycles. The van der Waals surface area contributed by atoms with Gasteiger partial charge in [-0.3, -0.25) is 9.48 Å². The molecule has 9 heteroatoms. The Kier molecular flexibility index (Phi) is 4.40. The van der Waals surface area contributed by atoms with E-state index in [0.29, 0.717) is 6.54 Å². The summed E-state index contributed by atoms with van der Waals surface area (Å²) in [4.78, 5) is 14.5.